The van der Waals surface area contributed by atoms with Crippen LogP contribution in [-0.4, -0.2) is 35.7 Å². The van der Waals surface area contributed by atoms with E-state index < -0.39 is 17.9 Å². The monoisotopic (exact) mass is 215 g/mol. The third-order valence-electron chi connectivity index (χ3n) is 2.72. The van der Waals surface area contributed by atoms with E-state index in [1.807, 2.05) is 0 Å². The van der Waals surface area contributed by atoms with Gasteiger partial charge in [0, 0.05) is 0 Å². The number of nitrogens with one attached hydrogen (secondary N) is 1. The molecular formula is C10H17NO4. The maximum absolute atomic E-state index is 11.4. The van der Waals surface area contributed by atoms with Crippen molar-refractivity contribution < 1.29 is 19.4 Å². The van der Waals surface area contributed by atoms with Gasteiger partial charge in [-0.15, -0.1) is 0 Å². The standard InChI is InChI=1S/C10H17NO4/c1-4-15-10(14)5(2)8-7(6(3)12)9(13)11-8/h5-8,12H,4H2,1-3H3,(H,11,13)/t5?,6-,7-,8-/m1/s1. The lowest BCUT2D eigenvalue weighted by Crippen LogP contribution is -2.65. The van der Waals surface area contributed by atoms with Crippen LogP contribution in [0.25, 0.3) is 0 Å². The lowest BCUT2D eigenvalue weighted by molar-refractivity contribution is -0.155. The van der Waals surface area contributed by atoms with Gasteiger partial charge in [-0.05, 0) is 20.8 Å². The van der Waals surface area contributed by atoms with Crippen LogP contribution < -0.4 is 5.32 Å². The van der Waals surface area contributed by atoms with Gasteiger partial charge in [0.15, 0.2) is 0 Å². The maximum atomic E-state index is 11.4. The molecule has 0 aromatic rings. The average molecular weight is 215 g/mol. The fraction of sp³-hybridized carbons (Fsp3) is 0.800. The fourth-order valence-corrected chi connectivity index (χ4v) is 1.79. The van der Waals surface area contributed by atoms with Crippen molar-refractivity contribution >= 4 is 11.9 Å². The normalized spacial score (nSPS) is 28.7. The van der Waals surface area contributed by atoms with E-state index in [1.54, 1.807) is 20.8 Å². The van der Waals surface area contributed by atoms with Gasteiger partial charge in [-0.25, -0.2) is 0 Å². The molecule has 1 heterocycles. The number of esters is 1. The van der Waals surface area contributed by atoms with Gasteiger partial charge in [-0.2, -0.15) is 0 Å². The average Bonchev–Trinajstić information content (AvgIpc) is 2.12. The van der Waals surface area contributed by atoms with Gasteiger partial charge >= 0.3 is 5.97 Å². The smallest absolute Gasteiger partial charge is 0.310 e. The van der Waals surface area contributed by atoms with Crippen LogP contribution in [-0.2, 0) is 14.3 Å². The molecule has 1 fully saturated rings. The zero-order chi connectivity index (χ0) is 11.6. The van der Waals surface area contributed by atoms with Crippen LogP contribution >= 0.6 is 0 Å². The zero-order valence-electron chi connectivity index (χ0n) is 9.19. The van der Waals surface area contributed by atoms with Crippen LogP contribution in [0.2, 0.25) is 0 Å². The van der Waals surface area contributed by atoms with E-state index >= 15 is 0 Å². The summed E-state index contributed by atoms with van der Waals surface area (Å²) in [4.78, 5) is 22.5. The molecule has 0 radical (unpaired) electrons. The number of hydrogen-bond donors (Lipinski definition) is 2. The molecule has 5 heteroatoms. The summed E-state index contributed by atoms with van der Waals surface area (Å²) in [6.07, 6.45) is -0.736. The Bertz CT molecular complexity index is 264. The molecule has 1 unspecified atom stereocenters. The molecule has 15 heavy (non-hydrogen) atoms. The van der Waals surface area contributed by atoms with Crippen LogP contribution in [0.1, 0.15) is 20.8 Å². The first-order chi connectivity index (χ1) is 6.99. The maximum Gasteiger partial charge on any atom is 0.310 e. The molecule has 1 aliphatic heterocycles. The Morgan fingerprint density at radius 3 is 2.60 bits per heavy atom. The molecule has 5 nitrogen and oxygen atoms in total. The summed E-state index contributed by atoms with van der Waals surface area (Å²) in [5.74, 6) is -1.45. The molecule has 0 aromatic carbocycles. The number of hydrogen-bond acceptors (Lipinski definition) is 4. The molecule has 1 saturated heterocycles. The second kappa shape index (κ2) is 4.61. The second-order valence-electron chi connectivity index (χ2n) is 3.84. The first-order valence-electron chi connectivity index (χ1n) is 5.14. The Hall–Kier alpha value is -1.10. The van der Waals surface area contributed by atoms with Crippen LogP contribution in [0.5, 0.6) is 0 Å². The molecular weight excluding hydrogens is 198 g/mol. The minimum absolute atomic E-state index is 0.203. The van der Waals surface area contributed by atoms with Crippen molar-refractivity contribution in [3.05, 3.63) is 0 Å². The van der Waals surface area contributed by atoms with Crippen LogP contribution in [0.3, 0.4) is 0 Å². The van der Waals surface area contributed by atoms with Gasteiger partial charge in [0.1, 0.15) is 0 Å². The molecule has 0 bridgehead atoms. The Labute approximate surface area is 88.8 Å². The summed E-state index contributed by atoms with van der Waals surface area (Å²) in [5, 5.41) is 12.0. The first kappa shape index (κ1) is 12.0. The predicted octanol–water partition coefficient (Wildman–Crippen LogP) is -0.319. The van der Waals surface area contributed by atoms with Gasteiger partial charge < -0.3 is 15.2 Å². The molecule has 1 rings (SSSR count). The summed E-state index contributed by atoms with van der Waals surface area (Å²) in [6, 6.07) is -0.309. The largest absolute Gasteiger partial charge is 0.466 e. The number of carbonyl (C=O) groups excluding carboxylic acids is 2. The topological polar surface area (TPSA) is 75.6 Å². The number of aliphatic hydroxyl groups is 1. The lowest BCUT2D eigenvalue weighted by atomic mass is 9.79. The minimum atomic E-state index is -0.736. The molecule has 4 atom stereocenters. The molecule has 0 aromatic heterocycles. The number of ether oxygens (including phenoxy) is 1. The summed E-state index contributed by atoms with van der Waals surface area (Å²) in [7, 11) is 0. The molecule has 2 N–H and O–H groups in total. The number of β-lactam (4-membered cyclic amide) rings is 1. The van der Waals surface area contributed by atoms with Crippen molar-refractivity contribution in [3.8, 4) is 0 Å². The van der Waals surface area contributed by atoms with E-state index in [0.29, 0.717) is 6.61 Å². The number of aliphatic hydroxyl groups excluding tert-OH is 1. The Kier molecular flexibility index (Phi) is 3.68. The van der Waals surface area contributed by atoms with E-state index in [4.69, 9.17) is 4.74 Å². The number of amides is 1. The second-order valence-corrected chi connectivity index (χ2v) is 3.84. The highest BCUT2D eigenvalue weighted by Gasteiger charge is 2.47. The van der Waals surface area contributed by atoms with Crippen LogP contribution in [0.4, 0.5) is 0 Å². The quantitative estimate of drug-likeness (QED) is 0.498. The van der Waals surface area contributed by atoms with E-state index in [1.165, 1.54) is 0 Å². The highest BCUT2D eigenvalue weighted by Crippen LogP contribution is 2.26. The van der Waals surface area contributed by atoms with E-state index in [9.17, 15) is 14.7 Å². The highest BCUT2D eigenvalue weighted by molar-refractivity contribution is 5.88. The molecule has 0 aliphatic carbocycles. The summed E-state index contributed by atoms with van der Waals surface area (Å²) < 4.78 is 4.85. The van der Waals surface area contributed by atoms with Crippen molar-refractivity contribution in [2.45, 2.75) is 32.9 Å². The van der Waals surface area contributed by atoms with Gasteiger partial charge in [0.05, 0.1) is 30.6 Å². The van der Waals surface area contributed by atoms with Crippen molar-refractivity contribution in [2.24, 2.45) is 11.8 Å². The van der Waals surface area contributed by atoms with Crippen LogP contribution in [0.15, 0.2) is 0 Å². The lowest BCUT2D eigenvalue weighted by Gasteiger charge is -2.41. The summed E-state index contributed by atoms with van der Waals surface area (Å²) >= 11 is 0. The Balaban J connectivity index is 2.58. The van der Waals surface area contributed by atoms with E-state index in [0.717, 1.165) is 0 Å². The fourth-order valence-electron chi connectivity index (χ4n) is 1.79. The van der Waals surface area contributed by atoms with Gasteiger partial charge in [-0.1, -0.05) is 0 Å². The summed E-state index contributed by atoms with van der Waals surface area (Å²) in [5.41, 5.74) is 0. The van der Waals surface area contributed by atoms with E-state index in [2.05, 4.69) is 5.32 Å². The number of carbonyl (C=O) groups is 2. The molecule has 0 spiro atoms. The third kappa shape index (κ3) is 2.28. The van der Waals surface area contributed by atoms with Crippen LogP contribution in [0, 0.1) is 11.8 Å². The SMILES string of the molecule is CCOC(=O)C(C)[C@H]1NC(=O)[C@@H]1[C@@H](C)O. The van der Waals surface area contributed by atoms with Crippen molar-refractivity contribution in [3.63, 3.8) is 0 Å². The first-order valence-corrected chi connectivity index (χ1v) is 5.14. The zero-order valence-corrected chi connectivity index (χ0v) is 9.19. The third-order valence-corrected chi connectivity index (χ3v) is 2.72. The highest BCUT2D eigenvalue weighted by atomic mass is 16.5. The Morgan fingerprint density at radius 2 is 2.20 bits per heavy atom. The van der Waals surface area contributed by atoms with Crippen molar-refractivity contribution in [1.29, 1.82) is 0 Å². The Morgan fingerprint density at radius 1 is 1.60 bits per heavy atom. The van der Waals surface area contributed by atoms with Crippen molar-refractivity contribution in [1.82, 2.24) is 5.32 Å². The number of rotatable bonds is 4. The molecule has 1 aliphatic rings. The summed E-state index contributed by atoms with van der Waals surface area (Å²) in [6.45, 7) is 5.30. The van der Waals surface area contributed by atoms with Gasteiger partial charge in [0.2, 0.25) is 5.91 Å². The molecule has 1 amide bonds. The van der Waals surface area contributed by atoms with Gasteiger partial charge in [0.25, 0.3) is 0 Å². The van der Waals surface area contributed by atoms with Crippen molar-refractivity contribution in [2.75, 3.05) is 6.61 Å². The predicted molar refractivity (Wildman–Crippen MR) is 52.9 cm³/mol. The molecule has 86 valence electrons. The van der Waals surface area contributed by atoms with Gasteiger partial charge in [-0.3, -0.25) is 9.59 Å². The van der Waals surface area contributed by atoms with E-state index in [-0.39, 0.29) is 17.9 Å². The minimum Gasteiger partial charge on any atom is -0.466 e. The molecule has 0 saturated carbocycles.